The molecule has 5 heteroatoms. The third kappa shape index (κ3) is 4.14. The molecule has 0 radical (unpaired) electrons. The maximum absolute atomic E-state index is 5.45. The van der Waals surface area contributed by atoms with Gasteiger partial charge >= 0.3 is 0 Å². The number of nitrogens with zero attached hydrogens (tertiary/aromatic N) is 3. The molecule has 1 fully saturated rings. The van der Waals surface area contributed by atoms with Crippen molar-refractivity contribution in [1.82, 2.24) is 14.9 Å². The molecular weight excluding hydrogens is 240 g/mol. The number of piperidine rings is 1. The van der Waals surface area contributed by atoms with Crippen molar-refractivity contribution in [2.75, 3.05) is 32.1 Å². The van der Waals surface area contributed by atoms with Gasteiger partial charge in [-0.3, -0.25) is 4.90 Å². The van der Waals surface area contributed by atoms with Gasteiger partial charge in [-0.2, -0.15) is 0 Å². The quantitative estimate of drug-likeness (QED) is 0.879. The average Bonchev–Trinajstić information content (AvgIpc) is 2.38. The van der Waals surface area contributed by atoms with E-state index >= 15 is 0 Å². The van der Waals surface area contributed by atoms with Gasteiger partial charge in [-0.1, -0.05) is 0 Å². The van der Waals surface area contributed by atoms with Gasteiger partial charge in [-0.15, -0.1) is 0 Å². The van der Waals surface area contributed by atoms with E-state index in [2.05, 4.69) is 27.1 Å². The van der Waals surface area contributed by atoms with E-state index in [0.29, 0.717) is 6.10 Å². The van der Waals surface area contributed by atoms with E-state index in [9.17, 15) is 0 Å². The number of likely N-dealkylation sites (tertiary alicyclic amines) is 1. The number of rotatable bonds is 5. The van der Waals surface area contributed by atoms with Gasteiger partial charge < -0.3 is 10.1 Å². The van der Waals surface area contributed by atoms with Crippen molar-refractivity contribution < 1.29 is 4.74 Å². The van der Waals surface area contributed by atoms with Crippen LogP contribution in [0.1, 0.15) is 31.3 Å². The summed E-state index contributed by atoms with van der Waals surface area (Å²) in [4.78, 5) is 11.5. The maximum atomic E-state index is 5.45. The Bertz CT molecular complexity index is 410. The smallest absolute Gasteiger partial charge is 0.144 e. The zero-order valence-electron chi connectivity index (χ0n) is 12.1. The largest absolute Gasteiger partial charge is 0.380 e. The summed E-state index contributed by atoms with van der Waals surface area (Å²) < 4.78 is 5.45. The molecule has 19 heavy (non-hydrogen) atoms. The number of anilines is 1. The summed E-state index contributed by atoms with van der Waals surface area (Å²) in [7, 11) is 1.79. The Kier molecular flexibility index (Phi) is 5.10. The topological polar surface area (TPSA) is 50.3 Å². The molecule has 0 aliphatic carbocycles. The second kappa shape index (κ2) is 6.82. The molecule has 0 aromatic carbocycles. The number of hydrogen-bond donors (Lipinski definition) is 1. The Balaban J connectivity index is 2.01. The molecular formula is C14H24N4O. The minimum absolute atomic E-state index is 0.354. The summed E-state index contributed by atoms with van der Waals surface area (Å²) in [6, 6.07) is 1.99. The lowest BCUT2D eigenvalue weighted by Crippen LogP contribution is -2.39. The number of hydrogen-bond acceptors (Lipinski definition) is 5. The van der Waals surface area contributed by atoms with Gasteiger partial charge in [0.15, 0.2) is 0 Å². The Morgan fingerprint density at radius 3 is 3.05 bits per heavy atom. The number of aromatic nitrogens is 2. The summed E-state index contributed by atoms with van der Waals surface area (Å²) in [6.07, 6.45) is 2.70. The molecule has 1 aromatic rings. The van der Waals surface area contributed by atoms with Crippen LogP contribution in [-0.4, -0.2) is 47.7 Å². The third-order valence-corrected chi connectivity index (χ3v) is 3.42. The van der Waals surface area contributed by atoms with Crippen molar-refractivity contribution in [2.45, 2.75) is 39.3 Å². The SMILES string of the molecule is CCNc1cc(C)nc(CN2CCCC(OC)C2)n1. The molecule has 0 spiro atoms. The van der Waals surface area contributed by atoms with Crippen LogP contribution in [0.15, 0.2) is 6.07 Å². The minimum atomic E-state index is 0.354. The molecule has 1 saturated heterocycles. The molecule has 5 nitrogen and oxygen atoms in total. The van der Waals surface area contributed by atoms with Crippen LogP contribution in [0, 0.1) is 6.92 Å². The molecule has 2 rings (SSSR count). The fourth-order valence-corrected chi connectivity index (χ4v) is 2.52. The lowest BCUT2D eigenvalue weighted by Gasteiger charge is -2.31. The molecule has 1 aliphatic rings. The van der Waals surface area contributed by atoms with Crippen LogP contribution < -0.4 is 5.32 Å². The van der Waals surface area contributed by atoms with Crippen molar-refractivity contribution in [3.8, 4) is 0 Å². The zero-order valence-corrected chi connectivity index (χ0v) is 12.1. The minimum Gasteiger partial charge on any atom is -0.380 e. The highest BCUT2D eigenvalue weighted by atomic mass is 16.5. The van der Waals surface area contributed by atoms with Gasteiger partial charge in [0.1, 0.15) is 11.6 Å². The predicted octanol–water partition coefficient (Wildman–Crippen LogP) is 1.83. The second-order valence-electron chi connectivity index (χ2n) is 5.08. The molecule has 1 atom stereocenters. The van der Waals surface area contributed by atoms with Crippen LogP contribution in [0.5, 0.6) is 0 Å². The van der Waals surface area contributed by atoms with Crippen LogP contribution in [0.4, 0.5) is 5.82 Å². The summed E-state index contributed by atoms with van der Waals surface area (Å²) in [5.41, 5.74) is 1.02. The van der Waals surface area contributed by atoms with E-state index in [4.69, 9.17) is 4.74 Å². The first-order chi connectivity index (χ1) is 9.21. The van der Waals surface area contributed by atoms with Gasteiger partial charge in [0.05, 0.1) is 12.6 Å². The fraction of sp³-hybridized carbons (Fsp3) is 0.714. The first-order valence-corrected chi connectivity index (χ1v) is 7.05. The molecule has 0 saturated carbocycles. The summed E-state index contributed by atoms with van der Waals surface area (Å²) in [6.45, 7) is 7.86. The van der Waals surface area contributed by atoms with E-state index in [1.54, 1.807) is 7.11 Å². The van der Waals surface area contributed by atoms with Crippen molar-refractivity contribution in [2.24, 2.45) is 0 Å². The van der Waals surface area contributed by atoms with Crippen LogP contribution >= 0.6 is 0 Å². The Morgan fingerprint density at radius 1 is 1.47 bits per heavy atom. The van der Waals surface area contributed by atoms with Gasteiger partial charge in [0, 0.05) is 32.0 Å². The summed E-state index contributed by atoms with van der Waals surface area (Å²) in [5.74, 6) is 1.82. The lowest BCUT2D eigenvalue weighted by molar-refractivity contribution is 0.0277. The van der Waals surface area contributed by atoms with E-state index < -0.39 is 0 Å². The molecule has 106 valence electrons. The molecule has 1 aromatic heterocycles. The van der Waals surface area contributed by atoms with Crippen LogP contribution in [0.25, 0.3) is 0 Å². The molecule has 0 amide bonds. The van der Waals surface area contributed by atoms with E-state index in [1.165, 1.54) is 6.42 Å². The molecule has 0 bridgehead atoms. The zero-order chi connectivity index (χ0) is 13.7. The van der Waals surface area contributed by atoms with Gasteiger partial charge in [-0.25, -0.2) is 9.97 Å². The fourth-order valence-electron chi connectivity index (χ4n) is 2.52. The predicted molar refractivity (Wildman–Crippen MR) is 76.2 cm³/mol. The van der Waals surface area contributed by atoms with Gasteiger partial charge in [0.2, 0.25) is 0 Å². The first-order valence-electron chi connectivity index (χ1n) is 7.05. The molecule has 1 aliphatic heterocycles. The highest BCUT2D eigenvalue weighted by Gasteiger charge is 2.20. The molecule has 1 N–H and O–H groups in total. The number of aryl methyl sites for hydroxylation is 1. The summed E-state index contributed by atoms with van der Waals surface area (Å²) in [5, 5.41) is 3.25. The Labute approximate surface area is 115 Å². The highest BCUT2D eigenvalue weighted by molar-refractivity contribution is 5.35. The monoisotopic (exact) mass is 264 g/mol. The highest BCUT2D eigenvalue weighted by Crippen LogP contribution is 2.15. The van der Waals surface area contributed by atoms with Crippen LogP contribution in [-0.2, 0) is 11.3 Å². The number of ether oxygens (including phenoxy) is 1. The van der Waals surface area contributed by atoms with Gasteiger partial charge in [0.25, 0.3) is 0 Å². The average molecular weight is 264 g/mol. The van der Waals surface area contributed by atoms with Crippen molar-refractivity contribution in [3.63, 3.8) is 0 Å². The van der Waals surface area contributed by atoms with E-state index in [1.807, 2.05) is 13.0 Å². The number of methoxy groups -OCH3 is 1. The van der Waals surface area contributed by atoms with Crippen LogP contribution in [0.2, 0.25) is 0 Å². The number of nitrogens with one attached hydrogen (secondary N) is 1. The van der Waals surface area contributed by atoms with Crippen LogP contribution in [0.3, 0.4) is 0 Å². The standard InChI is InChI=1S/C14H24N4O/c1-4-15-13-8-11(2)16-14(17-13)10-18-7-5-6-12(9-18)19-3/h8,12H,4-7,9-10H2,1-3H3,(H,15,16,17). The van der Waals surface area contributed by atoms with E-state index in [0.717, 1.165) is 49.9 Å². The second-order valence-corrected chi connectivity index (χ2v) is 5.08. The Morgan fingerprint density at radius 2 is 2.32 bits per heavy atom. The first kappa shape index (κ1) is 14.2. The lowest BCUT2D eigenvalue weighted by atomic mass is 10.1. The van der Waals surface area contributed by atoms with Gasteiger partial charge in [-0.05, 0) is 33.2 Å². The Hall–Kier alpha value is -1.20. The third-order valence-electron chi connectivity index (χ3n) is 3.42. The molecule has 1 unspecified atom stereocenters. The van der Waals surface area contributed by atoms with E-state index in [-0.39, 0.29) is 0 Å². The van der Waals surface area contributed by atoms with Crippen molar-refractivity contribution >= 4 is 5.82 Å². The van der Waals surface area contributed by atoms with Crippen molar-refractivity contribution in [1.29, 1.82) is 0 Å². The van der Waals surface area contributed by atoms with Crippen molar-refractivity contribution in [3.05, 3.63) is 17.6 Å². The maximum Gasteiger partial charge on any atom is 0.144 e. The normalized spacial score (nSPS) is 20.5. The summed E-state index contributed by atoms with van der Waals surface area (Å²) >= 11 is 0. The molecule has 2 heterocycles.